The normalized spacial score (nSPS) is 14.8. The molecule has 17 rings (SSSR count). The molecule has 6 nitrogen and oxygen atoms in total. The van der Waals surface area contributed by atoms with E-state index in [4.69, 9.17) is 0 Å². The summed E-state index contributed by atoms with van der Waals surface area (Å²) in [6.45, 7) is -0.180. The molecule has 6 heterocycles. The Morgan fingerprint density at radius 3 is 1.67 bits per heavy atom. The Hall–Kier alpha value is -9.55. The summed E-state index contributed by atoms with van der Waals surface area (Å²) >= 11 is 0. The van der Waals surface area contributed by atoms with Crippen molar-refractivity contribution in [1.82, 2.24) is 13.7 Å². The number of hydrogen-bond acceptors (Lipinski definition) is 3. The highest BCUT2D eigenvalue weighted by Crippen LogP contribution is 2.50. The molecular formula is C68H39BN3O3P. The lowest BCUT2D eigenvalue weighted by atomic mass is 9.34. The summed E-state index contributed by atoms with van der Waals surface area (Å²) in [4.78, 5) is 30.3. The zero-order valence-corrected chi connectivity index (χ0v) is 41.5. The maximum Gasteiger partial charge on any atom is 0.263 e. The Balaban J connectivity index is 0.911. The minimum absolute atomic E-state index is 0.0190. The van der Waals surface area contributed by atoms with Gasteiger partial charge in [0.25, 0.3) is 17.8 Å². The van der Waals surface area contributed by atoms with Crippen LogP contribution in [0.5, 0.6) is 0 Å². The fourth-order valence-electron chi connectivity index (χ4n) is 13.6. The molecule has 0 fully saturated rings. The Labute approximate surface area is 435 Å². The van der Waals surface area contributed by atoms with Gasteiger partial charge in [-0.15, -0.1) is 0 Å². The van der Waals surface area contributed by atoms with Crippen LogP contribution in [0, 0.1) is 0 Å². The van der Waals surface area contributed by atoms with E-state index in [2.05, 4.69) is 132 Å². The SMILES string of the molecule is O=c1c2ccc(-c3ccc4c(c3)B3c5ccccc5-n5c(=O)c6ccccc6c6cc7c8ccccc8n-4c7c3c65)cc2c2cccc3c2n1-c1cc(-c2ccccc2)ccc1P3(=O)c1ccc(-c2ccccc2)cc1. The molecule has 1 atom stereocenters. The number of fused-ring (bicyclic) bond motifs is 15. The van der Waals surface area contributed by atoms with Crippen molar-refractivity contribution in [2.45, 2.75) is 0 Å². The minimum Gasteiger partial charge on any atom is -0.310 e. The number of para-hydroxylation sites is 3. The van der Waals surface area contributed by atoms with Gasteiger partial charge in [-0.05, 0) is 121 Å². The monoisotopic (exact) mass is 987 g/mol. The van der Waals surface area contributed by atoms with Crippen molar-refractivity contribution in [2.75, 3.05) is 0 Å². The van der Waals surface area contributed by atoms with Crippen LogP contribution in [0.15, 0.2) is 246 Å². The van der Waals surface area contributed by atoms with Gasteiger partial charge < -0.3 is 9.13 Å². The van der Waals surface area contributed by atoms with Crippen LogP contribution in [0.25, 0.3) is 116 Å². The van der Waals surface area contributed by atoms with Crippen LogP contribution in [0.1, 0.15) is 0 Å². The summed E-state index contributed by atoms with van der Waals surface area (Å²) in [6, 6.07) is 81.0. The molecule has 0 aliphatic carbocycles. The van der Waals surface area contributed by atoms with Crippen molar-refractivity contribution in [1.29, 1.82) is 0 Å². The predicted octanol–water partition coefficient (Wildman–Crippen LogP) is 11.8. The third-order valence-electron chi connectivity index (χ3n) is 16.9. The van der Waals surface area contributed by atoms with Gasteiger partial charge in [0.2, 0.25) is 0 Å². The van der Waals surface area contributed by atoms with E-state index in [1.54, 1.807) is 0 Å². The first-order chi connectivity index (χ1) is 37.4. The third-order valence-corrected chi connectivity index (χ3v) is 20.0. The van der Waals surface area contributed by atoms with Crippen LogP contribution < -0.4 is 43.4 Å². The molecule has 352 valence electrons. The van der Waals surface area contributed by atoms with Gasteiger partial charge in [0.1, 0.15) is 0 Å². The van der Waals surface area contributed by atoms with Crippen LogP contribution in [-0.4, -0.2) is 20.4 Å². The zero-order chi connectivity index (χ0) is 50.1. The molecule has 0 spiro atoms. The summed E-state index contributed by atoms with van der Waals surface area (Å²) in [5.74, 6) is 0. The average molecular weight is 988 g/mol. The molecule has 8 heteroatoms. The molecular weight excluding hydrogens is 949 g/mol. The Morgan fingerprint density at radius 1 is 0.316 bits per heavy atom. The summed E-state index contributed by atoms with van der Waals surface area (Å²) < 4.78 is 22.8. The topological polar surface area (TPSA) is 66.0 Å². The van der Waals surface area contributed by atoms with Crippen molar-refractivity contribution < 1.29 is 4.57 Å². The number of aromatic nitrogens is 3. The maximum absolute atomic E-state index is 16.6. The second kappa shape index (κ2) is 15.0. The first-order valence-corrected chi connectivity index (χ1v) is 27.5. The molecule has 0 radical (unpaired) electrons. The molecule has 3 aliphatic rings. The first-order valence-electron chi connectivity index (χ1n) is 25.8. The van der Waals surface area contributed by atoms with Crippen molar-refractivity contribution in [3.05, 3.63) is 257 Å². The van der Waals surface area contributed by atoms with Crippen molar-refractivity contribution in [2.24, 2.45) is 0 Å². The molecule has 0 saturated heterocycles. The number of nitrogens with zero attached hydrogens (tertiary/aromatic N) is 3. The highest BCUT2D eigenvalue weighted by atomic mass is 31.2. The van der Waals surface area contributed by atoms with Gasteiger partial charge in [-0.2, -0.15) is 0 Å². The smallest absolute Gasteiger partial charge is 0.263 e. The molecule has 3 aliphatic heterocycles. The number of rotatable bonds is 4. The van der Waals surface area contributed by atoms with Crippen molar-refractivity contribution >= 4 is 111 Å². The fraction of sp³-hybridized carbons (Fsp3) is 0. The van der Waals surface area contributed by atoms with Crippen LogP contribution in [0.2, 0.25) is 0 Å². The van der Waals surface area contributed by atoms with Crippen LogP contribution in [0.3, 0.4) is 0 Å². The number of benzene rings is 11. The second-order valence-corrected chi connectivity index (χ2v) is 23.3. The van der Waals surface area contributed by atoms with Gasteiger partial charge in [-0.3, -0.25) is 18.7 Å². The first kappa shape index (κ1) is 41.9. The molecule has 0 saturated carbocycles. The Bertz CT molecular complexity index is 5140. The van der Waals surface area contributed by atoms with Gasteiger partial charge in [0.05, 0.1) is 27.8 Å². The average Bonchev–Trinajstić information content (AvgIpc) is 4.03. The third kappa shape index (κ3) is 5.34. The van der Waals surface area contributed by atoms with E-state index in [0.29, 0.717) is 37.9 Å². The zero-order valence-electron chi connectivity index (χ0n) is 40.6. The Kier molecular flexibility index (Phi) is 8.29. The summed E-state index contributed by atoms with van der Waals surface area (Å²) in [5, 5.41) is 9.29. The molecule has 0 amide bonds. The van der Waals surface area contributed by atoms with E-state index in [-0.39, 0.29) is 17.8 Å². The maximum atomic E-state index is 16.6. The molecule has 1 unspecified atom stereocenters. The molecule has 76 heavy (non-hydrogen) atoms. The lowest BCUT2D eigenvalue weighted by Gasteiger charge is -2.34. The quantitative estimate of drug-likeness (QED) is 0.100. The van der Waals surface area contributed by atoms with Gasteiger partial charge >= 0.3 is 0 Å². The van der Waals surface area contributed by atoms with Crippen molar-refractivity contribution in [3.8, 4) is 50.4 Å². The standard InChI is InChI=1S/C68H39BN3O3P/c73-67-50-20-8-7-18-47(50)53-39-54-48-19-9-11-23-57(48)70-59-34-29-44(37-56(59)69-55-22-10-12-24-58(55)71(67)66(53)63(69)65(54)70)43-28-33-51-52(36-43)49-21-13-25-62-64(49)72(68(51)74)60-38-45(41-16-5-2-6-17-41)30-35-61(60)76(62,75)46-31-26-42(27-32-46)40-14-3-1-4-15-40/h1-39H. The van der Waals surface area contributed by atoms with E-state index >= 15 is 9.36 Å². The van der Waals surface area contributed by atoms with E-state index in [0.717, 1.165) is 99.2 Å². The van der Waals surface area contributed by atoms with Crippen LogP contribution >= 0.6 is 7.14 Å². The largest absolute Gasteiger partial charge is 0.310 e. The second-order valence-electron chi connectivity index (χ2n) is 20.6. The highest BCUT2D eigenvalue weighted by Gasteiger charge is 2.42. The minimum atomic E-state index is -3.58. The van der Waals surface area contributed by atoms with Gasteiger partial charge in [0, 0.05) is 59.6 Å². The lowest BCUT2D eigenvalue weighted by molar-refractivity contribution is 0.592. The summed E-state index contributed by atoms with van der Waals surface area (Å²) in [6.07, 6.45) is 0. The van der Waals surface area contributed by atoms with Gasteiger partial charge in [0.15, 0.2) is 7.14 Å². The molecule has 0 bridgehead atoms. The lowest BCUT2D eigenvalue weighted by Crippen LogP contribution is -2.60. The van der Waals surface area contributed by atoms with Crippen LogP contribution in [-0.2, 0) is 4.57 Å². The van der Waals surface area contributed by atoms with E-state index in [1.807, 2.05) is 118 Å². The van der Waals surface area contributed by atoms with Crippen molar-refractivity contribution in [3.63, 3.8) is 0 Å². The molecule has 0 N–H and O–H groups in total. The molecule has 14 aromatic rings. The number of pyridine rings is 2. The summed E-state index contributed by atoms with van der Waals surface area (Å²) in [7, 11) is -3.58. The van der Waals surface area contributed by atoms with E-state index in [1.165, 1.54) is 10.8 Å². The predicted molar refractivity (Wildman–Crippen MR) is 316 cm³/mol. The van der Waals surface area contributed by atoms with Gasteiger partial charge in [-0.1, -0.05) is 176 Å². The number of hydrogen-bond donors (Lipinski definition) is 0. The molecule has 11 aromatic carbocycles. The highest BCUT2D eigenvalue weighted by molar-refractivity contribution is 7.86. The van der Waals surface area contributed by atoms with E-state index in [9.17, 15) is 4.79 Å². The van der Waals surface area contributed by atoms with Gasteiger partial charge in [-0.25, -0.2) is 0 Å². The summed E-state index contributed by atoms with van der Waals surface area (Å²) in [5.41, 5.74) is 15.7. The molecule has 3 aromatic heterocycles. The van der Waals surface area contributed by atoms with E-state index < -0.39 is 7.14 Å². The Morgan fingerprint density at radius 2 is 0.868 bits per heavy atom. The van der Waals surface area contributed by atoms with Crippen LogP contribution in [0.4, 0.5) is 0 Å². The fourth-order valence-corrected chi connectivity index (χ4v) is 16.5.